The van der Waals surface area contributed by atoms with Crippen molar-refractivity contribution in [2.45, 2.75) is 6.92 Å². The number of esters is 1. The van der Waals surface area contributed by atoms with Crippen LogP contribution in [0, 0.1) is 6.92 Å². The predicted molar refractivity (Wildman–Crippen MR) is 92.5 cm³/mol. The molecule has 24 heavy (non-hydrogen) atoms. The van der Waals surface area contributed by atoms with Crippen molar-refractivity contribution in [3.05, 3.63) is 76.4 Å². The number of ether oxygens (including phenoxy) is 1. The van der Waals surface area contributed by atoms with Gasteiger partial charge in [0.05, 0.1) is 11.1 Å². The third-order valence-electron chi connectivity index (χ3n) is 3.60. The van der Waals surface area contributed by atoms with E-state index in [1.54, 1.807) is 42.5 Å². The number of fused-ring (bicyclic) bond motifs is 1. The Morgan fingerprint density at radius 3 is 2.46 bits per heavy atom. The predicted octanol–water partition coefficient (Wildman–Crippen LogP) is 4.24. The monoisotopic (exact) mass is 339 g/mol. The van der Waals surface area contributed by atoms with E-state index >= 15 is 0 Å². The Morgan fingerprint density at radius 1 is 1.00 bits per heavy atom. The number of aryl methyl sites for hydroxylation is 1. The Balaban J connectivity index is 1.69. The second-order valence-electron chi connectivity index (χ2n) is 5.41. The molecule has 120 valence electrons. The minimum absolute atomic E-state index is 0.238. The topological polar surface area (TPSA) is 56.3 Å². The molecule has 2 aromatic carbocycles. The summed E-state index contributed by atoms with van der Waals surface area (Å²) < 4.78 is 5.11. The molecule has 0 bridgehead atoms. The zero-order valence-electron chi connectivity index (χ0n) is 13.0. The maximum Gasteiger partial charge on any atom is 0.338 e. The minimum atomic E-state index is -0.549. The van der Waals surface area contributed by atoms with Gasteiger partial charge in [-0.15, -0.1) is 0 Å². The van der Waals surface area contributed by atoms with E-state index in [1.807, 2.05) is 19.1 Å². The summed E-state index contributed by atoms with van der Waals surface area (Å²) in [5.41, 5.74) is 2.64. The largest absolute Gasteiger partial charge is 0.454 e. The van der Waals surface area contributed by atoms with Crippen molar-refractivity contribution in [1.29, 1.82) is 0 Å². The van der Waals surface area contributed by atoms with Gasteiger partial charge in [0.2, 0.25) is 0 Å². The number of benzene rings is 2. The van der Waals surface area contributed by atoms with Crippen molar-refractivity contribution in [3.63, 3.8) is 0 Å². The number of nitrogens with zero attached hydrogens (tertiary/aromatic N) is 1. The Morgan fingerprint density at radius 2 is 1.71 bits per heavy atom. The summed E-state index contributed by atoms with van der Waals surface area (Å²) in [6.45, 7) is 1.65. The van der Waals surface area contributed by atoms with Crippen LogP contribution in [0.15, 0.2) is 54.6 Å². The van der Waals surface area contributed by atoms with Crippen LogP contribution >= 0.6 is 11.6 Å². The fraction of sp³-hybridized carbons (Fsp3) is 0.105. The standard InChI is InChI=1S/C19H14ClNO3/c1-12-2-4-13(5-3-12)17(22)11-24-19(23)15-6-8-16-14(10-15)7-9-18(20)21-16/h2-10H,11H2,1H3. The van der Waals surface area contributed by atoms with Crippen molar-refractivity contribution in [3.8, 4) is 0 Å². The molecule has 4 nitrogen and oxygen atoms in total. The molecule has 0 fully saturated rings. The summed E-state index contributed by atoms with van der Waals surface area (Å²) in [5.74, 6) is -0.787. The lowest BCUT2D eigenvalue weighted by molar-refractivity contribution is 0.0475. The molecular weight excluding hydrogens is 326 g/mol. The van der Waals surface area contributed by atoms with Gasteiger partial charge in [-0.3, -0.25) is 4.79 Å². The van der Waals surface area contributed by atoms with Crippen molar-refractivity contribution in [2.24, 2.45) is 0 Å². The van der Waals surface area contributed by atoms with Gasteiger partial charge in [0.1, 0.15) is 5.15 Å². The molecular formula is C19H14ClNO3. The molecule has 0 saturated carbocycles. The van der Waals surface area contributed by atoms with Gasteiger partial charge in [-0.2, -0.15) is 0 Å². The normalized spacial score (nSPS) is 10.6. The van der Waals surface area contributed by atoms with E-state index in [9.17, 15) is 9.59 Å². The lowest BCUT2D eigenvalue weighted by Crippen LogP contribution is -2.14. The van der Waals surface area contributed by atoms with Gasteiger partial charge in [-0.1, -0.05) is 41.4 Å². The van der Waals surface area contributed by atoms with Crippen molar-refractivity contribution in [2.75, 3.05) is 6.61 Å². The Hall–Kier alpha value is -2.72. The first-order valence-corrected chi connectivity index (χ1v) is 7.74. The van der Waals surface area contributed by atoms with Crippen LogP contribution in [0.5, 0.6) is 0 Å². The number of ketones is 1. The number of Topliss-reactive ketones (excluding diaryl/α,β-unsaturated/α-hetero) is 1. The van der Waals surface area contributed by atoms with Crippen LogP contribution in [0.3, 0.4) is 0 Å². The first kappa shape index (κ1) is 16.1. The summed E-state index contributed by atoms with van der Waals surface area (Å²) in [6, 6.07) is 15.5. The van der Waals surface area contributed by atoms with E-state index in [0.29, 0.717) is 21.8 Å². The van der Waals surface area contributed by atoms with Gasteiger partial charge in [-0.25, -0.2) is 9.78 Å². The van der Waals surface area contributed by atoms with E-state index < -0.39 is 5.97 Å². The average Bonchev–Trinajstić information content (AvgIpc) is 2.59. The van der Waals surface area contributed by atoms with Crippen molar-refractivity contribution in [1.82, 2.24) is 4.98 Å². The molecule has 1 aromatic heterocycles. The van der Waals surface area contributed by atoms with E-state index in [-0.39, 0.29) is 12.4 Å². The second kappa shape index (κ2) is 6.81. The first-order chi connectivity index (χ1) is 11.5. The number of carbonyl (C=O) groups excluding carboxylic acids is 2. The number of carbonyl (C=O) groups is 2. The first-order valence-electron chi connectivity index (χ1n) is 7.36. The Bertz CT molecular complexity index is 920. The van der Waals surface area contributed by atoms with Gasteiger partial charge in [-0.05, 0) is 37.3 Å². The summed E-state index contributed by atoms with van der Waals surface area (Å²) in [6.07, 6.45) is 0. The molecule has 3 aromatic rings. The smallest absolute Gasteiger partial charge is 0.338 e. The molecule has 0 saturated heterocycles. The molecule has 0 N–H and O–H groups in total. The Kier molecular flexibility index (Phi) is 4.58. The van der Waals surface area contributed by atoms with E-state index in [4.69, 9.17) is 16.3 Å². The van der Waals surface area contributed by atoms with Crippen LogP contribution < -0.4 is 0 Å². The van der Waals surface area contributed by atoms with Gasteiger partial charge < -0.3 is 4.74 Å². The fourth-order valence-electron chi connectivity index (χ4n) is 2.26. The van der Waals surface area contributed by atoms with Gasteiger partial charge in [0, 0.05) is 10.9 Å². The molecule has 1 heterocycles. The van der Waals surface area contributed by atoms with Gasteiger partial charge >= 0.3 is 5.97 Å². The lowest BCUT2D eigenvalue weighted by Gasteiger charge is -2.06. The molecule has 5 heteroatoms. The number of rotatable bonds is 4. The zero-order valence-corrected chi connectivity index (χ0v) is 13.7. The van der Waals surface area contributed by atoms with Crippen LogP contribution in [-0.4, -0.2) is 23.3 Å². The van der Waals surface area contributed by atoms with Crippen molar-refractivity contribution < 1.29 is 14.3 Å². The van der Waals surface area contributed by atoms with E-state index in [2.05, 4.69) is 4.98 Å². The molecule has 0 amide bonds. The maximum absolute atomic E-state index is 12.1. The molecule has 0 radical (unpaired) electrons. The molecule has 0 unspecified atom stereocenters. The molecule has 0 aliphatic rings. The molecule has 3 rings (SSSR count). The SMILES string of the molecule is Cc1ccc(C(=O)COC(=O)c2ccc3nc(Cl)ccc3c2)cc1. The summed E-state index contributed by atoms with van der Waals surface area (Å²) in [7, 11) is 0. The highest BCUT2D eigenvalue weighted by Gasteiger charge is 2.12. The molecule has 0 atom stereocenters. The van der Waals surface area contributed by atoms with E-state index in [1.165, 1.54) is 0 Å². The van der Waals surface area contributed by atoms with Crippen LogP contribution in [0.1, 0.15) is 26.3 Å². The molecule has 0 aliphatic carbocycles. The van der Waals surface area contributed by atoms with Crippen LogP contribution in [0.4, 0.5) is 0 Å². The Labute approximate surface area is 144 Å². The second-order valence-corrected chi connectivity index (χ2v) is 5.79. The van der Waals surface area contributed by atoms with Crippen LogP contribution in [0.25, 0.3) is 10.9 Å². The lowest BCUT2D eigenvalue weighted by atomic mass is 10.1. The summed E-state index contributed by atoms with van der Waals surface area (Å²) >= 11 is 5.83. The average molecular weight is 340 g/mol. The third kappa shape index (κ3) is 3.60. The third-order valence-corrected chi connectivity index (χ3v) is 3.81. The maximum atomic E-state index is 12.1. The number of pyridine rings is 1. The summed E-state index contributed by atoms with van der Waals surface area (Å²) in [5, 5.41) is 1.17. The minimum Gasteiger partial charge on any atom is -0.454 e. The zero-order chi connectivity index (χ0) is 17.1. The number of aromatic nitrogens is 1. The number of hydrogen-bond donors (Lipinski definition) is 0. The summed E-state index contributed by atoms with van der Waals surface area (Å²) in [4.78, 5) is 28.3. The fourth-order valence-corrected chi connectivity index (χ4v) is 2.42. The van der Waals surface area contributed by atoms with Gasteiger partial charge in [0.15, 0.2) is 12.4 Å². The number of halogens is 1. The van der Waals surface area contributed by atoms with Crippen molar-refractivity contribution >= 4 is 34.3 Å². The molecule has 0 spiro atoms. The highest BCUT2D eigenvalue weighted by molar-refractivity contribution is 6.29. The van der Waals surface area contributed by atoms with Crippen LogP contribution in [0.2, 0.25) is 5.15 Å². The highest BCUT2D eigenvalue weighted by atomic mass is 35.5. The van der Waals surface area contributed by atoms with Gasteiger partial charge in [0.25, 0.3) is 0 Å². The number of hydrogen-bond acceptors (Lipinski definition) is 4. The van der Waals surface area contributed by atoms with Crippen LogP contribution in [-0.2, 0) is 4.74 Å². The van der Waals surface area contributed by atoms with E-state index in [0.717, 1.165) is 10.9 Å². The molecule has 0 aliphatic heterocycles. The quantitative estimate of drug-likeness (QED) is 0.405. The highest BCUT2D eigenvalue weighted by Crippen LogP contribution is 2.17.